The number of hydrogen-bond donors (Lipinski definition) is 1. The SMILES string of the molecule is CCOC(=O)N1CCN(C(=NCCc2ccco2)NC2CCCC2)CC1.I. The Hall–Kier alpha value is -1.45. The van der Waals surface area contributed by atoms with Gasteiger partial charge in [-0.15, -0.1) is 24.0 Å². The predicted molar refractivity (Wildman–Crippen MR) is 116 cm³/mol. The van der Waals surface area contributed by atoms with Gasteiger partial charge >= 0.3 is 6.09 Å². The Bertz CT molecular complexity index is 580. The first kappa shape index (κ1) is 21.8. The second-order valence-electron chi connectivity index (χ2n) is 6.83. The van der Waals surface area contributed by atoms with Crippen molar-refractivity contribution in [1.82, 2.24) is 15.1 Å². The van der Waals surface area contributed by atoms with Gasteiger partial charge in [-0.2, -0.15) is 0 Å². The van der Waals surface area contributed by atoms with Gasteiger partial charge in [-0.05, 0) is 31.9 Å². The monoisotopic (exact) mass is 490 g/mol. The van der Waals surface area contributed by atoms with E-state index in [-0.39, 0.29) is 30.1 Å². The van der Waals surface area contributed by atoms with Gasteiger partial charge < -0.3 is 24.3 Å². The number of halogens is 1. The first-order chi connectivity index (χ1) is 12.8. The third-order valence-corrected chi connectivity index (χ3v) is 4.99. The molecule has 0 unspecified atom stereocenters. The fraction of sp³-hybridized carbons (Fsp3) is 0.684. The average Bonchev–Trinajstić information content (AvgIpc) is 3.35. The van der Waals surface area contributed by atoms with Crippen LogP contribution in [-0.2, 0) is 11.2 Å². The number of amides is 1. The normalized spacial score (nSPS) is 18.3. The molecule has 2 heterocycles. The molecular weight excluding hydrogens is 459 g/mol. The van der Waals surface area contributed by atoms with Crippen molar-refractivity contribution in [2.24, 2.45) is 4.99 Å². The van der Waals surface area contributed by atoms with Crippen molar-refractivity contribution in [3.8, 4) is 0 Å². The van der Waals surface area contributed by atoms with Crippen molar-refractivity contribution in [2.45, 2.75) is 45.1 Å². The highest BCUT2D eigenvalue weighted by atomic mass is 127. The molecule has 1 aromatic rings. The van der Waals surface area contributed by atoms with Crippen LogP contribution in [0.5, 0.6) is 0 Å². The van der Waals surface area contributed by atoms with E-state index >= 15 is 0 Å². The van der Waals surface area contributed by atoms with Gasteiger partial charge in [-0.25, -0.2) is 4.79 Å². The van der Waals surface area contributed by atoms with E-state index < -0.39 is 0 Å². The Kier molecular flexibility index (Phi) is 9.23. The van der Waals surface area contributed by atoms with E-state index in [1.807, 2.05) is 19.1 Å². The number of ether oxygens (including phenoxy) is 1. The van der Waals surface area contributed by atoms with Crippen molar-refractivity contribution in [3.63, 3.8) is 0 Å². The molecule has 1 saturated carbocycles. The molecule has 2 fully saturated rings. The third-order valence-electron chi connectivity index (χ3n) is 4.99. The van der Waals surface area contributed by atoms with Crippen LogP contribution in [-0.4, -0.2) is 67.2 Å². The number of piperazine rings is 1. The highest BCUT2D eigenvalue weighted by Gasteiger charge is 2.25. The Morgan fingerprint density at radius 2 is 1.96 bits per heavy atom. The summed E-state index contributed by atoms with van der Waals surface area (Å²) in [7, 11) is 0. The minimum atomic E-state index is -0.216. The molecule has 0 aromatic carbocycles. The number of nitrogens with zero attached hydrogens (tertiary/aromatic N) is 3. The fourth-order valence-corrected chi connectivity index (χ4v) is 3.53. The van der Waals surface area contributed by atoms with Crippen LogP contribution in [0.4, 0.5) is 4.79 Å². The second kappa shape index (κ2) is 11.4. The van der Waals surface area contributed by atoms with Crippen LogP contribution in [0, 0.1) is 0 Å². The Balaban J connectivity index is 0.00000261. The van der Waals surface area contributed by atoms with E-state index in [0.29, 0.717) is 32.3 Å². The van der Waals surface area contributed by atoms with E-state index in [2.05, 4.69) is 10.2 Å². The zero-order valence-electron chi connectivity index (χ0n) is 16.1. The molecule has 0 radical (unpaired) electrons. The van der Waals surface area contributed by atoms with E-state index in [1.165, 1.54) is 25.7 Å². The zero-order chi connectivity index (χ0) is 18.2. The maximum atomic E-state index is 11.9. The molecule has 27 heavy (non-hydrogen) atoms. The molecule has 8 heteroatoms. The van der Waals surface area contributed by atoms with Crippen LogP contribution in [0.3, 0.4) is 0 Å². The Morgan fingerprint density at radius 3 is 2.59 bits per heavy atom. The van der Waals surface area contributed by atoms with Gasteiger partial charge in [0.25, 0.3) is 0 Å². The van der Waals surface area contributed by atoms with Crippen molar-refractivity contribution < 1.29 is 13.9 Å². The molecule has 1 saturated heterocycles. The molecule has 1 aliphatic heterocycles. The van der Waals surface area contributed by atoms with Gasteiger partial charge in [0.1, 0.15) is 5.76 Å². The molecule has 0 spiro atoms. The first-order valence-electron chi connectivity index (χ1n) is 9.76. The molecule has 0 atom stereocenters. The van der Waals surface area contributed by atoms with E-state index in [4.69, 9.17) is 14.1 Å². The van der Waals surface area contributed by atoms with Crippen LogP contribution >= 0.6 is 24.0 Å². The standard InChI is InChI=1S/C19H30N4O3.HI/c1-2-25-19(24)23-13-11-22(12-14-23)18(21-16-6-3-4-7-16)20-10-9-17-8-5-15-26-17;/h5,8,15-16H,2-4,6-7,9-14H2,1H3,(H,20,21);1H. The summed E-state index contributed by atoms with van der Waals surface area (Å²) in [5, 5.41) is 3.65. The number of guanidine groups is 1. The zero-order valence-corrected chi connectivity index (χ0v) is 18.4. The highest BCUT2D eigenvalue weighted by molar-refractivity contribution is 14.0. The number of furan rings is 1. The molecular formula is C19H31IN4O3. The number of nitrogens with one attached hydrogen (secondary N) is 1. The molecule has 0 bridgehead atoms. The predicted octanol–water partition coefficient (Wildman–Crippen LogP) is 3.10. The lowest BCUT2D eigenvalue weighted by Gasteiger charge is -2.36. The van der Waals surface area contributed by atoms with Gasteiger partial charge in [-0.1, -0.05) is 12.8 Å². The van der Waals surface area contributed by atoms with Gasteiger partial charge in [0.2, 0.25) is 0 Å². The number of carbonyl (C=O) groups is 1. The van der Waals surface area contributed by atoms with Gasteiger partial charge in [0.15, 0.2) is 5.96 Å². The lowest BCUT2D eigenvalue weighted by Crippen LogP contribution is -2.55. The van der Waals surface area contributed by atoms with E-state index in [9.17, 15) is 4.79 Å². The molecule has 3 rings (SSSR count). The molecule has 1 amide bonds. The van der Waals surface area contributed by atoms with Gasteiger partial charge in [0, 0.05) is 45.2 Å². The average molecular weight is 490 g/mol. The summed E-state index contributed by atoms with van der Waals surface area (Å²) in [5.74, 6) is 1.92. The molecule has 2 aliphatic rings. The summed E-state index contributed by atoms with van der Waals surface area (Å²) >= 11 is 0. The second-order valence-corrected chi connectivity index (χ2v) is 6.83. The van der Waals surface area contributed by atoms with Crippen LogP contribution in [0.2, 0.25) is 0 Å². The topological polar surface area (TPSA) is 70.3 Å². The fourth-order valence-electron chi connectivity index (χ4n) is 3.53. The summed E-state index contributed by atoms with van der Waals surface area (Å²) in [6.07, 6.45) is 7.27. The lowest BCUT2D eigenvalue weighted by atomic mass is 10.2. The van der Waals surface area contributed by atoms with Crippen molar-refractivity contribution >= 4 is 36.0 Å². The van der Waals surface area contributed by atoms with Crippen molar-refractivity contribution in [2.75, 3.05) is 39.3 Å². The molecule has 1 aliphatic carbocycles. The Labute approximate surface area is 178 Å². The molecule has 7 nitrogen and oxygen atoms in total. The van der Waals surface area contributed by atoms with Crippen LogP contribution in [0.25, 0.3) is 0 Å². The molecule has 1 aromatic heterocycles. The largest absolute Gasteiger partial charge is 0.469 e. The third kappa shape index (κ3) is 6.58. The maximum Gasteiger partial charge on any atom is 0.409 e. The van der Waals surface area contributed by atoms with E-state index in [0.717, 1.165) is 31.2 Å². The van der Waals surface area contributed by atoms with Gasteiger partial charge in [0.05, 0.1) is 12.9 Å². The molecule has 1 N–H and O–H groups in total. The summed E-state index contributed by atoms with van der Waals surface area (Å²) in [6.45, 7) is 5.84. The minimum absolute atomic E-state index is 0. The maximum absolute atomic E-state index is 11.9. The number of aliphatic imine (C=N–C) groups is 1. The number of hydrogen-bond acceptors (Lipinski definition) is 4. The smallest absolute Gasteiger partial charge is 0.409 e. The molecule has 152 valence electrons. The van der Waals surface area contributed by atoms with Crippen molar-refractivity contribution in [3.05, 3.63) is 24.2 Å². The lowest BCUT2D eigenvalue weighted by molar-refractivity contribution is 0.0913. The van der Waals surface area contributed by atoms with Crippen LogP contribution in [0.15, 0.2) is 27.8 Å². The quantitative estimate of drug-likeness (QED) is 0.390. The summed E-state index contributed by atoms with van der Waals surface area (Å²) in [6, 6.07) is 4.41. The summed E-state index contributed by atoms with van der Waals surface area (Å²) < 4.78 is 10.5. The van der Waals surface area contributed by atoms with Crippen LogP contribution < -0.4 is 5.32 Å². The first-order valence-corrected chi connectivity index (χ1v) is 9.76. The summed E-state index contributed by atoms with van der Waals surface area (Å²) in [5.41, 5.74) is 0. The minimum Gasteiger partial charge on any atom is -0.469 e. The number of rotatable bonds is 5. The van der Waals surface area contributed by atoms with E-state index in [1.54, 1.807) is 11.2 Å². The Morgan fingerprint density at radius 1 is 1.26 bits per heavy atom. The highest BCUT2D eigenvalue weighted by Crippen LogP contribution is 2.18. The number of carbonyl (C=O) groups excluding carboxylic acids is 1. The van der Waals surface area contributed by atoms with Crippen molar-refractivity contribution in [1.29, 1.82) is 0 Å². The van der Waals surface area contributed by atoms with Crippen LogP contribution in [0.1, 0.15) is 38.4 Å². The van der Waals surface area contributed by atoms with Gasteiger partial charge in [-0.3, -0.25) is 4.99 Å². The summed E-state index contributed by atoms with van der Waals surface area (Å²) in [4.78, 5) is 20.7.